The second-order valence-corrected chi connectivity index (χ2v) is 4.47. The molecule has 0 saturated carbocycles. The summed E-state index contributed by atoms with van der Waals surface area (Å²) in [6.45, 7) is 1.98. The molecule has 2 rings (SSSR count). The van der Waals surface area contributed by atoms with Crippen LogP contribution in [-0.2, 0) is 12.8 Å². The van der Waals surface area contributed by atoms with Crippen molar-refractivity contribution >= 4 is 0 Å². The molecule has 1 N–H and O–H groups in total. The summed E-state index contributed by atoms with van der Waals surface area (Å²) in [7, 11) is 0. The van der Waals surface area contributed by atoms with Gasteiger partial charge in [-0.3, -0.25) is 0 Å². The van der Waals surface area contributed by atoms with E-state index >= 15 is 0 Å². The Balaban J connectivity index is 2.28. The first-order valence-electron chi connectivity index (χ1n) is 6.32. The maximum atomic E-state index is 13.6. The lowest BCUT2D eigenvalue weighted by Gasteiger charge is -2.15. The fourth-order valence-electron chi connectivity index (χ4n) is 2.21. The van der Waals surface area contributed by atoms with E-state index in [0.717, 1.165) is 17.5 Å². The second-order valence-electron chi connectivity index (χ2n) is 4.47. The Morgan fingerprint density at radius 1 is 1.00 bits per heavy atom. The van der Waals surface area contributed by atoms with E-state index in [0.29, 0.717) is 0 Å². The largest absolute Gasteiger partial charge is 0.388 e. The zero-order valence-corrected chi connectivity index (χ0v) is 10.7. The summed E-state index contributed by atoms with van der Waals surface area (Å²) in [6.07, 6.45) is -0.190. The van der Waals surface area contributed by atoms with Crippen LogP contribution in [0.3, 0.4) is 0 Å². The lowest BCUT2D eigenvalue weighted by atomic mass is 9.95. The van der Waals surface area contributed by atoms with Gasteiger partial charge in [0.05, 0.1) is 6.10 Å². The second kappa shape index (κ2) is 5.93. The van der Waals surface area contributed by atoms with E-state index in [-0.39, 0.29) is 12.0 Å². The van der Waals surface area contributed by atoms with E-state index in [1.807, 2.05) is 25.1 Å². The van der Waals surface area contributed by atoms with Gasteiger partial charge >= 0.3 is 0 Å². The third kappa shape index (κ3) is 2.99. The Hall–Kier alpha value is -1.74. The van der Waals surface area contributed by atoms with Crippen molar-refractivity contribution in [3.8, 4) is 0 Å². The fourth-order valence-corrected chi connectivity index (χ4v) is 2.21. The van der Waals surface area contributed by atoms with Gasteiger partial charge in [-0.05, 0) is 29.7 Å². The van der Waals surface area contributed by atoms with Gasteiger partial charge in [0.15, 0.2) is 0 Å². The lowest BCUT2D eigenvalue weighted by Crippen LogP contribution is -2.08. The topological polar surface area (TPSA) is 20.2 Å². The third-order valence-electron chi connectivity index (χ3n) is 3.25. The molecule has 0 radical (unpaired) electrons. The Morgan fingerprint density at radius 3 is 2.26 bits per heavy atom. The number of aryl methyl sites for hydroxylation is 1. The van der Waals surface area contributed by atoms with Crippen LogP contribution in [0, 0.1) is 11.6 Å². The summed E-state index contributed by atoms with van der Waals surface area (Å²) in [6, 6.07) is 11.1. The minimum Gasteiger partial charge on any atom is -0.388 e. The molecule has 100 valence electrons. The Bertz CT molecular complexity index is 546. The molecule has 1 atom stereocenters. The summed E-state index contributed by atoms with van der Waals surface area (Å²) in [4.78, 5) is 0. The number of rotatable bonds is 4. The molecule has 1 unspecified atom stereocenters. The van der Waals surface area contributed by atoms with Gasteiger partial charge in [-0.15, -0.1) is 0 Å². The van der Waals surface area contributed by atoms with Gasteiger partial charge in [0.1, 0.15) is 11.6 Å². The van der Waals surface area contributed by atoms with E-state index in [2.05, 4.69) is 0 Å². The molecule has 0 aliphatic rings. The monoisotopic (exact) mass is 262 g/mol. The highest BCUT2D eigenvalue weighted by atomic mass is 19.1. The van der Waals surface area contributed by atoms with Crippen molar-refractivity contribution in [1.29, 1.82) is 0 Å². The van der Waals surface area contributed by atoms with Crippen molar-refractivity contribution in [2.75, 3.05) is 0 Å². The smallest absolute Gasteiger partial charge is 0.129 e. The minimum atomic E-state index is -0.900. The van der Waals surface area contributed by atoms with Gasteiger partial charge in [0, 0.05) is 12.0 Å². The highest BCUT2D eigenvalue weighted by Crippen LogP contribution is 2.24. The molecule has 0 saturated heterocycles. The predicted molar refractivity (Wildman–Crippen MR) is 70.8 cm³/mol. The average molecular weight is 262 g/mol. The number of aliphatic hydroxyl groups excluding tert-OH is 1. The zero-order valence-electron chi connectivity index (χ0n) is 10.7. The van der Waals surface area contributed by atoms with Crippen LogP contribution in [0.25, 0.3) is 0 Å². The van der Waals surface area contributed by atoms with Gasteiger partial charge < -0.3 is 5.11 Å². The van der Waals surface area contributed by atoms with E-state index in [9.17, 15) is 13.9 Å². The molecule has 0 aromatic heterocycles. The van der Waals surface area contributed by atoms with Crippen LogP contribution in [0.2, 0.25) is 0 Å². The molecule has 0 aliphatic heterocycles. The number of hydrogen-bond acceptors (Lipinski definition) is 1. The molecular weight excluding hydrogens is 246 g/mol. The quantitative estimate of drug-likeness (QED) is 0.888. The third-order valence-corrected chi connectivity index (χ3v) is 3.25. The van der Waals surface area contributed by atoms with Crippen LogP contribution in [0.4, 0.5) is 8.78 Å². The standard InChI is InChI=1S/C16H16F2O/c1-2-11-6-3-4-7-12(11)16(19)10-13-14(17)8-5-9-15(13)18/h3-9,16,19H,2,10H2,1H3. The molecule has 0 aliphatic carbocycles. The first-order chi connectivity index (χ1) is 9.13. The lowest BCUT2D eigenvalue weighted by molar-refractivity contribution is 0.174. The molecule has 0 bridgehead atoms. The average Bonchev–Trinajstić information content (AvgIpc) is 2.42. The highest BCUT2D eigenvalue weighted by molar-refractivity contribution is 5.31. The van der Waals surface area contributed by atoms with Crippen LogP contribution in [0.1, 0.15) is 29.7 Å². The van der Waals surface area contributed by atoms with Crippen molar-refractivity contribution in [2.45, 2.75) is 25.9 Å². The number of hydrogen-bond donors (Lipinski definition) is 1. The Morgan fingerprint density at radius 2 is 1.63 bits per heavy atom. The molecule has 0 amide bonds. The van der Waals surface area contributed by atoms with Crippen molar-refractivity contribution in [3.05, 3.63) is 70.8 Å². The molecule has 2 aromatic rings. The van der Waals surface area contributed by atoms with E-state index in [1.54, 1.807) is 6.07 Å². The Labute approximate surface area is 111 Å². The fraction of sp³-hybridized carbons (Fsp3) is 0.250. The number of benzene rings is 2. The van der Waals surface area contributed by atoms with E-state index in [4.69, 9.17) is 0 Å². The van der Waals surface area contributed by atoms with Crippen molar-refractivity contribution in [3.63, 3.8) is 0 Å². The first-order valence-corrected chi connectivity index (χ1v) is 6.32. The summed E-state index contributed by atoms with van der Waals surface area (Å²) < 4.78 is 27.1. The van der Waals surface area contributed by atoms with Gasteiger partial charge in [0.25, 0.3) is 0 Å². The summed E-state index contributed by atoms with van der Waals surface area (Å²) >= 11 is 0. The molecular formula is C16H16F2O. The summed E-state index contributed by atoms with van der Waals surface area (Å²) in [5, 5.41) is 10.2. The van der Waals surface area contributed by atoms with Crippen LogP contribution in [0.5, 0.6) is 0 Å². The predicted octanol–water partition coefficient (Wildman–Crippen LogP) is 3.80. The van der Waals surface area contributed by atoms with Crippen LogP contribution < -0.4 is 0 Å². The molecule has 0 heterocycles. The summed E-state index contributed by atoms with van der Waals surface area (Å²) in [5.41, 5.74) is 1.65. The SMILES string of the molecule is CCc1ccccc1C(O)Cc1c(F)cccc1F. The van der Waals surface area contributed by atoms with Crippen molar-refractivity contribution < 1.29 is 13.9 Å². The van der Waals surface area contributed by atoms with Crippen LogP contribution in [-0.4, -0.2) is 5.11 Å². The minimum absolute atomic E-state index is 0.0600. The maximum Gasteiger partial charge on any atom is 0.129 e. The molecule has 0 spiro atoms. The first kappa shape index (κ1) is 13.7. The van der Waals surface area contributed by atoms with Gasteiger partial charge in [-0.2, -0.15) is 0 Å². The van der Waals surface area contributed by atoms with E-state index in [1.165, 1.54) is 18.2 Å². The molecule has 3 heteroatoms. The molecule has 2 aromatic carbocycles. The Kier molecular flexibility index (Phi) is 4.27. The highest BCUT2D eigenvalue weighted by Gasteiger charge is 2.16. The van der Waals surface area contributed by atoms with Gasteiger partial charge in [0.2, 0.25) is 0 Å². The molecule has 1 nitrogen and oxygen atoms in total. The maximum absolute atomic E-state index is 13.6. The van der Waals surface area contributed by atoms with Crippen LogP contribution in [0.15, 0.2) is 42.5 Å². The normalized spacial score (nSPS) is 12.4. The number of halogens is 2. The van der Waals surface area contributed by atoms with Crippen molar-refractivity contribution in [1.82, 2.24) is 0 Å². The van der Waals surface area contributed by atoms with Gasteiger partial charge in [-0.1, -0.05) is 37.3 Å². The summed E-state index contributed by atoms with van der Waals surface area (Å²) in [5.74, 6) is -1.24. The van der Waals surface area contributed by atoms with Crippen LogP contribution >= 0.6 is 0 Å². The number of aliphatic hydroxyl groups is 1. The van der Waals surface area contributed by atoms with Gasteiger partial charge in [-0.25, -0.2) is 8.78 Å². The molecule has 19 heavy (non-hydrogen) atoms. The zero-order chi connectivity index (χ0) is 13.8. The van der Waals surface area contributed by atoms with E-state index < -0.39 is 17.7 Å². The molecule has 0 fully saturated rings. The van der Waals surface area contributed by atoms with Crippen molar-refractivity contribution in [2.24, 2.45) is 0 Å².